The largest absolute Gasteiger partial charge is 0.478 e. The number of nitrogens with zero attached hydrogens (tertiary/aromatic N) is 1. The predicted octanol–water partition coefficient (Wildman–Crippen LogP) is 3.59. The maximum atomic E-state index is 10.9. The van der Waals surface area contributed by atoms with E-state index in [9.17, 15) is 4.79 Å². The molecule has 2 aromatic rings. The third-order valence-corrected chi connectivity index (χ3v) is 3.33. The van der Waals surface area contributed by atoms with Gasteiger partial charge in [-0.15, -0.1) is 0 Å². The monoisotopic (exact) mass is 275 g/mol. The second-order valence-electron chi connectivity index (χ2n) is 4.30. The Hall–Kier alpha value is -1.87. The SMILES string of the molecule is CCc1ccc(Cc2cc(C(=O)O)ccc2Cl)nc1. The molecule has 1 aromatic heterocycles. The molecule has 1 heterocycles. The minimum atomic E-state index is -0.952. The van der Waals surface area contributed by atoms with Gasteiger partial charge < -0.3 is 5.11 Å². The summed E-state index contributed by atoms with van der Waals surface area (Å²) >= 11 is 6.09. The van der Waals surface area contributed by atoms with Crippen LogP contribution in [0, 0.1) is 0 Å². The van der Waals surface area contributed by atoms with Crippen molar-refractivity contribution in [1.82, 2.24) is 4.98 Å². The molecule has 0 fully saturated rings. The highest BCUT2D eigenvalue weighted by Crippen LogP contribution is 2.20. The quantitative estimate of drug-likeness (QED) is 0.928. The van der Waals surface area contributed by atoms with E-state index in [1.165, 1.54) is 11.6 Å². The second-order valence-corrected chi connectivity index (χ2v) is 4.71. The zero-order chi connectivity index (χ0) is 13.8. The molecule has 3 nitrogen and oxygen atoms in total. The number of hydrogen-bond donors (Lipinski definition) is 1. The van der Waals surface area contributed by atoms with Gasteiger partial charge in [-0.3, -0.25) is 4.98 Å². The van der Waals surface area contributed by atoms with Crippen molar-refractivity contribution < 1.29 is 9.90 Å². The molecule has 0 amide bonds. The van der Waals surface area contributed by atoms with E-state index < -0.39 is 5.97 Å². The maximum Gasteiger partial charge on any atom is 0.335 e. The van der Waals surface area contributed by atoms with Crippen molar-refractivity contribution in [3.8, 4) is 0 Å². The Morgan fingerprint density at radius 3 is 2.68 bits per heavy atom. The molecule has 0 aliphatic heterocycles. The Morgan fingerprint density at radius 1 is 1.32 bits per heavy atom. The average Bonchev–Trinajstić information content (AvgIpc) is 2.42. The number of rotatable bonds is 4. The van der Waals surface area contributed by atoms with Gasteiger partial charge in [0.05, 0.1) is 5.56 Å². The van der Waals surface area contributed by atoms with E-state index in [1.807, 2.05) is 18.3 Å². The maximum absolute atomic E-state index is 10.9. The smallest absolute Gasteiger partial charge is 0.335 e. The van der Waals surface area contributed by atoms with Crippen LogP contribution in [0.25, 0.3) is 0 Å². The molecule has 0 bridgehead atoms. The molecule has 4 heteroatoms. The zero-order valence-electron chi connectivity index (χ0n) is 10.6. The number of carbonyl (C=O) groups is 1. The fourth-order valence-corrected chi connectivity index (χ4v) is 1.99. The molecule has 0 saturated carbocycles. The van der Waals surface area contributed by atoms with Crippen LogP contribution in [0.2, 0.25) is 5.02 Å². The molecule has 0 aliphatic rings. The van der Waals surface area contributed by atoms with Crippen molar-refractivity contribution in [3.05, 3.63) is 63.9 Å². The lowest BCUT2D eigenvalue weighted by Crippen LogP contribution is -2.00. The first-order chi connectivity index (χ1) is 9.10. The van der Waals surface area contributed by atoms with Crippen LogP contribution in [0.3, 0.4) is 0 Å². The molecule has 2 rings (SSSR count). The highest BCUT2D eigenvalue weighted by atomic mass is 35.5. The zero-order valence-corrected chi connectivity index (χ0v) is 11.3. The van der Waals surface area contributed by atoms with E-state index in [0.717, 1.165) is 17.7 Å². The van der Waals surface area contributed by atoms with E-state index in [1.54, 1.807) is 12.1 Å². The molecule has 1 aromatic carbocycles. The second kappa shape index (κ2) is 5.85. The van der Waals surface area contributed by atoms with E-state index in [0.29, 0.717) is 11.4 Å². The van der Waals surface area contributed by atoms with Gasteiger partial charge in [-0.1, -0.05) is 24.6 Å². The standard InChI is InChI=1S/C15H14ClNO2/c1-2-10-3-5-13(17-9-10)8-12-7-11(15(18)19)4-6-14(12)16/h3-7,9H,2,8H2,1H3,(H,18,19). The first-order valence-electron chi connectivity index (χ1n) is 6.05. The number of pyridine rings is 1. The average molecular weight is 276 g/mol. The fourth-order valence-electron chi connectivity index (χ4n) is 1.81. The van der Waals surface area contributed by atoms with Gasteiger partial charge in [-0.05, 0) is 41.8 Å². The van der Waals surface area contributed by atoms with Crippen LogP contribution < -0.4 is 0 Å². The van der Waals surface area contributed by atoms with Crippen LogP contribution in [-0.2, 0) is 12.8 Å². The topological polar surface area (TPSA) is 50.2 Å². The number of benzene rings is 1. The molecule has 0 aliphatic carbocycles. The van der Waals surface area contributed by atoms with Gasteiger partial charge in [0.15, 0.2) is 0 Å². The van der Waals surface area contributed by atoms with Gasteiger partial charge in [0.25, 0.3) is 0 Å². The summed E-state index contributed by atoms with van der Waals surface area (Å²) in [6, 6.07) is 8.68. The lowest BCUT2D eigenvalue weighted by molar-refractivity contribution is 0.0697. The third-order valence-electron chi connectivity index (χ3n) is 2.96. The van der Waals surface area contributed by atoms with Gasteiger partial charge in [0, 0.05) is 23.3 Å². The highest BCUT2D eigenvalue weighted by Gasteiger charge is 2.08. The van der Waals surface area contributed by atoms with E-state index in [2.05, 4.69) is 11.9 Å². The molecule has 19 heavy (non-hydrogen) atoms. The van der Waals surface area contributed by atoms with Crippen LogP contribution in [0.4, 0.5) is 0 Å². The lowest BCUT2D eigenvalue weighted by atomic mass is 10.1. The van der Waals surface area contributed by atoms with Crippen molar-refractivity contribution in [2.45, 2.75) is 19.8 Å². The summed E-state index contributed by atoms with van der Waals surface area (Å²) in [5.41, 5.74) is 3.07. The Labute approximate surface area is 116 Å². The van der Waals surface area contributed by atoms with Crippen LogP contribution in [-0.4, -0.2) is 16.1 Å². The lowest BCUT2D eigenvalue weighted by Gasteiger charge is -2.06. The molecule has 0 atom stereocenters. The van der Waals surface area contributed by atoms with E-state index >= 15 is 0 Å². The van der Waals surface area contributed by atoms with Gasteiger partial charge in [0.2, 0.25) is 0 Å². The van der Waals surface area contributed by atoms with Gasteiger partial charge in [0.1, 0.15) is 0 Å². The number of halogens is 1. The fraction of sp³-hybridized carbons (Fsp3) is 0.200. The van der Waals surface area contributed by atoms with Gasteiger partial charge in [-0.25, -0.2) is 4.79 Å². The normalized spacial score (nSPS) is 10.4. The van der Waals surface area contributed by atoms with Crippen molar-refractivity contribution in [2.75, 3.05) is 0 Å². The first-order valence-corrected chi connectivity index (χ1v) is 6.43. The van der Waals surface area contributed by atoms with Crippen molar-refractivity contribution in [2.24, 2.45) is 0 Å². The number of hydrogen-bond acceptors (Lipinski definition) is 2. The minimum absolute atomic E-state index is 0.240. The minimum Gasteiger partial charge on any atom is -0.478 e. The summed E-state index contributed by atoms with van der Waals surface area (Å²) in [7, 11) is 0. The summed E-state index contributed by atoms with van der Waals surface area (Å²) in [6.45, 7) is 2.07. The molecular weight excluding hydrogens is 262 g/mol. The Balaban J connectivity index is 2.26. The number of aryl methyl sites for hydroxylation is 1. The van der Waals surface area contributed by atoms with E-state index in [4.69, 9.17) is 16.7 Å². The molecule has 0 radical (unpaired) electrons. The summed E-state index contributed by atoms with van der Waals surface area (Å²) in [4.78, 5) is 15.3. The van der Waals surface area contributed by atoms with Gasteiger partial charge in [-0.2, -0.15) is 0 Å². The number of aromatic carboxylic acids is 1. The van der Waals surface area contributed by atoms with Crippen LogP contribution in [0.15, 0.2) is 36.5 Å². The van der Waals surface area contributed by atoms with Crippen molar-refractivity contribution >= 4 is 17.6 Å². The highest BCUT2D eigenvalue weighted by molar-refractivity contribution is 6.31. The van der Waals surface area contributed by atoms with Gasteiger partial charge >= 0.3 is 5.97 Å². The van der Waals surface area contributed by atoms with Crippen LogP contribution in [0.1, 0.15) is 34.1 Å². The number of carboxylic acids is 1. The van der Waals surface area contributed by atoms with Crippen molar-refractivity contribution in [3.63, 3.8) is 0 Å². The number of aromatic nitrogens is 1. The molecule has 0 unspecified atom stereocenters. The van der Waals surface area contributed by atoms with Crippen LogP contribution in [0.5, 0.6) is 0 Å². The molecule has 1 N–H and O–H groups in total. The number of carboxylic acid groups (broad SMARTS) is 1. The molecule has 0 saturated heterocycles. The molecular formula is C15H14ClNO2. The van der Waals surface area contributed by atoms with Crippen LogP contribution >= 0.6 is 11.6 Å². The summed E-state index contributed by atoms with van der Waals surface area (Å²) in [6.07, 6.45) is 3.32. The Bertz CT molecular complexity index is 594. The first kappa shape index (κ1) is 13.6. The third kappa shape index (κ3) is 3.32. The molecule has 0 spiro atoms. The summed E-state index contributed by atoms with van der Waals surface area (Å²) in [5, 5.41) is 9.54. The summed E-state index contributed by atoms with van der Waals surface area (Å²) in [5.74, 6) is -0.952. The summed E-state index contributed by atoms with van der Waals surface area (Å²) < 4.78 is 0. The predicted molar refractivity (Wildman–Crippen MR) is 74.8 cm³/mol. The van der Waals surface area contributed by atoms with E-state index in [-0.39, 0.29) is 5.56 Å². The van der Waals surface area contributed by atoms with Crippen molar-refractivity contribution in [1.29, 1.82) is 0 Å². The Morgan fingerprint density at radius 2 is 2.11 bits per heavy atom. The molecule has 98 valence electrons. The Kier molecular flexibility index (Phi) is 4.17.